The summed E-state index contributed by atoms with van der Waals surface area (Å²) in [5, 5.41) is 0. The van der Waals surface area contributed by atoms with E-state index in [9.17, 15) is 14.4 Å². The van der Waals surface area contributed by atoms with E-state index in [1.165, 1.54) is 19.3 Å². The normalized spacial score (nSPS) is 13.5. The van der Waals surface area contributed by atoms with Gasteiger partial charge < -0.3 is 14.2 Å². The van der Waals surface area contributed by atoms with Gasteiger partial charge in [-0.2, -0.15) is 0 Å². The highest BCUT2D eigenvalue weighted by molar-refractivity contribution is 5.71. The van der Waals surface area contributed by atoms with E-state index < -0.39 is 6.10 Å². The van der Waals surface area contributed by atoms with Gasteiger partial charge in [0, 0.05) is 19.3 Å². The zero-order valence-electron chi connectivity index (χ0n) is 38.8. The first-order valence-corrected chi connectivity index (χ1v) is 23.6. The molecule has 0 N–H and O–H groups in total. The molecule has 1 atom stereocenters. The largest absolute Gasteiger partial charge is 0.462 e. The summed E-state index contributed by atoms with van der Waals surface area (Å²) >= 11 is 0. The lowest BCUT2D eigenvalue weighted by Gasteiger charge is -2.18. The van der Waals surface area contributed by atoms with Crippen molar-refractivity contribution in [2.75, 3.05) is 13.2 Å². The fraction of sp³-hybridized carbons (Fsp3) is 0.482. The smallest absolute Gasteiger partial charge is 0.306 e. The van der Waals surface area contributed by atoms with Crippen molar-refractivity contribution < 1.29 is 28.6 Å². The van der Waals surface area contributed by atoms with Gasteiger partial charge in [-0.3, -0.25) is 14.4 Å². The highest BCUT2D eigenvalue weighted by Gasteiger charge is 2.19. The summed E-state index contributed by atoms with van der Waals surface area (Å²) in [5.74, 6) is -1.13. The molecule has 0 amide bonds. The molecule has 0 heterocycles. The van der Waals surface area contributed by atoms with Crippen molar-refractivity contribution in [3.8, 4) is 0 Å². The van der Waals surface area contributed by atoms with E-state index in [4.69, 9.17) is 14.2 Å². The average Bonchev–Trinajstić information content (AvgIpc) is 3.27. The molecule has 0 saturated heterocycles. The summed E-state index contributed by atoms with van der Waals surface area (Å²) in [6.45, 7) is 6.06. The van der Waals surface area contributed by atoms with E-state index in [2.05, 4.69) is 112 Å². The number of allylic oxidation sites excluding steroid dienone is 26. The first-order chi connectivity index (χ1) is 30.5. The summed E-state index contributed by atoms with van der Waals surface area (Å²) in [6, 6.07) is 0. The number of rotatable bonds is 39. The minimum atomic E-state index is -0.850. The molecule has 0 fully saturated rings. The van der Waals surface area contributed by atoms with Crippen LogP contribution in [0.15, 0.2) is 158 Å². The molecule has 0 aromatic heterocycles. The summed E-state index contributed by atoms with van der Waals surface area (Å²) in [7, 11) is 0. The minimum absolute atomic E-state index is 0.151. The second kappa shape index (κ2) is 48.7. The van der Waals surface area contributed by atoms with E-state index in [1.54, 1.807) is 0 Å². The number of carbonyl (C=O) groups is 3. The van der Waals surface area contributed by atoms with Crippen LogP contribution in [0.25, 0.3) is 0 Å². The molecule has 0 aliphatic heterocycles. The molecule has 0 spiro atoms. The SMILES string of the molecule is CC/C=C/C=C/C=C/C=C/C=C/CCCC(=O)OCC(COC(=O)CC/C=C/C/C=C/C/C=C/C/C=C/C/C=C/CC)OC(=O)CCCCCCCCC/C=C/C=C/C=C/CC. The monoisotopic (exact) mass is 851 g/mol. The first kappa shape index (κ1) is 57.0. The quantitative estimate of drug-likeness (QED) is 0.0202. The van der Waals surface area contributed by atoms with Crippen molar-refractivity contribution in [1.82, 2.24) is 0 Å². The average molecular weight is 851 g/mol. The molecule has 1 unspecified atom stereocenters. The Morgan fingerprint density at radius 1 is 0.339 bits per heavy atom. The van der Waals surface area contributed by atoms with Crippen LogP contribution in [0.1, 0.15) is 156 Å². The summed E-state index contributed by atoms with van der Waals surface area (Å²) in [5.41, 5.74) is 0. The van der Waals surface area contributed by atoms with Crippen molar-refractivity contribution >= 4 is 17.9 Å². The van der Waals surface area contributed by atoms with Gasteiger partial charge in [-0.1, -0.05) is 211 Å². The molecule has 0 bridgehead atoms. The van der Waals surface area contributed by atoms with E-state index in [0.29, 0.717) is 12.8 Å². The third-order valence-corrected chi connectivity index (χ3v) is 8.96. The molecule has 0 saturated carbocycles. The first-order valence-electron chi connectivity index (χ1n) is 23.6. The van der Waals surface area contributed by atoms with Crippen LogP contribution in [0, 0.1) is 0 Å². The third-order valence-electron chi connectivity index (χ3n) is 8.96. The molecular weight excluding hydrogens is 769 g/mol. The maximum Gasteiger partial charge on any atom is 0.306 e. The van der Waals surface area contributed by atoms with Gasteiger partial charge in [-0.25, -0.2) is 0 Å². The Labute approximate surface area is 378 Å². The van der Waals surface area contributed by atoms with Gasteiger partial charge >= 0.3 is 17.9 Å². The van der Waals surface area contributed by atoms with Crippen LogP contribution in [0.4, 0.5) is 0 Å². The molecule has 6 heteroatoms. The fourth-order valence-electron chi connectivity index (χ4n) is 5.52. The standard InChI is InChI=1S/C56H82O6/c1-4-7-10-13-16-19-22-25-27-29-31-34-37-40-43-46-49-55(58)61-52-53(51-60-54(57)48-45-42-39-36-33-30-24-21-18-15-12-9-6-3)62-56(59)50-47-44-41-38-35-32-28-26-23-20-17-14-11-8-5-2/h7-12,14-21,23-25,27,30-31,33-34,36,39-40,43,53H,4-6,13,22,26,28-29,32,35,37-38,41-42,44-52H2,1-3H3/b10-7+,11-8+,12-9+,17-14+,18-15+,19-16+,23-20+,24-21+,27-25+,33-30+,34-31+,39-36+,43-40+. The van der Waals surface area contributed by atoms with E-state index in [0.717, 1.165) is 83.5 Å². The molecule has 62 heavy (non-hydrogen) atoms. The highest BCUT2D eigenvalue weighted by atomic mass is 16.6. The van der Waals surface area contributed by atoms with Gasteiger partial charge in [0.2, 0.25) is 0 Å². The van der Waals surface area contributed by atoms with Gasteiger partial charge in [-0.05, 0) is 83.5 Å². The van der Waals surface area contributed by atoms with Crippen molar-refractivity contribution in [3.63, 3.8) is 0 Å². The van der Waals surface area contributed by atoms with Gasteiger partial charge in [0.05, 0.1) is 0 Å². The van der Waals surface area contributed by atoms with Gasteiger partial charge in [0.15, 0.2) is 6.10 Å². The predicted octanol–water partition coefficient (Wildman–Crippen LogP) is 15.5. The molecule has 6 nitrogen and oxygen atoms in total. The van der Waals surface area contributed by atoms with Gasteiger partial charge in [0.25, 0.3) is 0 Å². The van der Waals surface area contributed by atoms with Crippen LogP contribution in [0.5, 0.6) is 0 Å². The van der Waals surface area contributed by atoms with Crippen LogP contribution >= 0.6 is 0 Å². The highest BCUT2D eigenvalue weighted by Crippen LogP contribution is 2.12. The Morgan fingerprint density at radius 3 is 1.21 bits per heavy atom. The van der Waals surface area contributed by atoms with E-state index >= 15 is 0 Å². The van der Waals surface area contributed by atoms with Crippen LogP contribution in [-0.2, 0) is 28.6 Å². The zero-order valence-corrected chi connectivity index (χ0v) is 38.8. The Bertz CT molecular complexity index is 1490. The van der Waals surface area contributed by atoms with Crippen molar-refractivity contribution in [1.29, 1.82) is 0 Å². The Morgan fingerprint density at radius 2 is 0.710 bits per heavy atom. The summed E-state index contributed by atoms with van der Waals surface area (Å²) in [6.07, 6.45) is 71.0. The zero-order chi connectivity index (χ0) is 45.1. The van der Waals surface area contributed by atoms with E-state index in [1.807, 2.05) is 66.8 Å². The minimum Gasteiger partial charge on any atom is -0.462 e. The topological polar surface area (TPSA) is 78.9 Å². The van der Waals surface area contributed by atoms with Crippen molar-refractivity contribution in [2.45, 2.75) is 162 Å². The van der Waals surface area contributed by atoms with E-state index in [-0.39, 0.29) is 50.4 Å². The third kappa shape index (κ3) is 46.1. The summed E-state index contributed by atoms with van der Waals surface area (Å²) < 4.78 is 16.6. The number of hydrogen-bond acceptors (Lipinski definition) is 6. The van der Waals surface area contributed by atoms with Crippen molar-refractivity contribution in [2.24, 2.45) is 0 Å². The number of hydrogen-bond donors (Lipinski definition) is 0. The molecule has 0 aliphatic rings. The maximum absolute atomic E-state index is 12.8. The number of esters is 3. The Kier molecular flexibility index (Phi) is 44.8. The van der Waals surface area contributed by atoms with Crippen LogP contribution in [0.3, 0.4) is 0 Å². The second-order valence-corrected chi connectivity index (χ2v) is 14.7. The fourth-order valence-corrected chi connectivity index (χ4v) is 5.52. The number of unbranched alkanes of at least 4 members (excludes halogenated alkanes) is 8. The lowest BCUT2D eigenvalue weighted by Crippen LogP contribution is -2.30. The number of carbonyl (C=O) groups excluding carboxylic acids is 3. The van der Waals surface area contributed by atoms with Gasteiger partial charge in [0.1, 0.15) is 13.2 Å². The number of ether oxygens (including phenoxy) is 3. The second-order valence-electron chi connectivity index (χ2n) is 14.7. The maximum atomic E-state index is 12.8. The van der Waals surface area contributed by atoms with Crippen LogP contribution in [0.2, 0.25) is 0 Å². The summed E-state index contributed by atoms with van der Waals surface area (Å²) in [4.78, 5) is 37.8. The predicted molar refractivity (Wildman–Crippen MR) is 265 cm³/mol. The lowest BCUT2D eigenvalue weighted by atomic mass is 10.1. The molecule has 342 valence electrons. The molecular formula is C56H82O6. The van der Waals surface area contributed by atoms with Crippen molar-refractivity contribution in [3.05, 3.63) is 158 Å². The Balaban J connectivity index is 4.66. The van der Waals surface area contributed by atoms with Crippen LogP contribution < -0.4 is 0 Å². The molecule has 0 radical (unpaired) electrons. The molecule has 0 rings (SSSR count). The van der Waals surface area contributed by atoms with Gasteiger partial charge in [-0.15, -0.1) is 0 Å². The Hall–Kier alpha value is -4.97. The van der Waals surface area contributed by atoms with Crippen LogP contribution in [-0.4, -0.2) is 37.2 Å². The molecule has 0 aliphatic carbocycles. The lowest BCUT2D eigenvalue weighted by molar-refractivity contribution is -0.166. The molecule has 0 aromatic carbocycles. The molecule has 0 aromatic rings.